The third-order valence-corrected chi connectivity index (χ3v) is 5.25. The Balaban J connectivity index is 1.42. The summed E-state index contributed by atoms with van der Waals surface area (Å²) in [6, 6.07) is 8.77. The molecule has 27 heavy (non-hydrogen) atoms. The van der Waals surface area contributed by atoms with E-state index < -0.39 is 11.6 Å². The van der Waals surface area contributed by atoms with Crippen molar-refractivity contribution in [1.29, 1.82) is 0 Å². The van der Waals surface area contributed by atoms with Crippen molar-refractivity contribution in [2.45, 2.75) is 18.4 Å². The molecule has 0 atom stereocenters. The van der Waals surface area contributed by atoms with Crippen molar-refractivity contribution in [3.05, 3.63) is 47.1 Å². The highest BCUT2D eigenvalue weighted by Gasteiger charge is 2.48. The maximum Gasteiger partial charge on any atom is 0.322 e. The molecule has 2 saturated heterocycles. The summed E-state index contributed by atoms with van der Waals surface area (Å²) in [6.45, 7) is 0.801. The molecule has 0 saturated carbocycles. The van der Waals surface area contributed by atoms with E-state index in [1.54, 1.807) is 23.1 Å². The summed E-state index contributed by atoms with van der Waals surface area (Å²) >= 11 is 6.00. The number of carbonyl (C=O) groups is 3. The van der Waals surface area contributed by atoms with Gasteiger partial charge in [-0.05, 0) is 37.1 Å². The second-order valence-electron chi connectivity index (χ2n) is 6.72. The molecule has 0 unspecified atom stereocenters. The molecule has 2 aliphatic heterocycles. The summed E-state index contributed by atoms with van der Waals surface area (Å²) < 4.78 is 0. The fourth-order valence-corrected chi connectivity index (χ4v) is 3.62. The van der Waals surface area contributed by atoms with Crippen LogP contribution in [-0.4, -0.2) is 46.4 Å². The van der Waals surface area contributed by atoms with Gasteiger partial charge >= 0.3 is 6.03 Å². The van der Waals surface area contributed by atoms with Crippen LogP contribution in [0.5, 0.6) is 0 Å². The zero-order valence-electron chi connectivity index (χ0n) is 14.4. The van der Waals surface area contributed by atoms with E-state index in [4.69, 9.17) is 11.6 Å². The Labute approximate surface area is 160 Å². The van der Waals surface area contributed by atoms with Gasteiger partial charge in [-0.15, -0.1) is 0 Å². The number of hydrogen-bond donors (Lipinski definition) is 2. The van der Waals surface area contributed by atoms with Gasteiger partial charge in [-0.2, -0.15) is 0 Å². The summed E-state index contributed by atoms with van der Waals surface area (Å²) in [5.74, 6) is -0.461. The van der Waals surface area contributed by atoms with Crippen molar-refractivity contribution in [2.24, 2.45) is 0 Å². The van der Waals surface area contributed by atoms with Crippen LogP contribution < -0.4 is 10.6 Å². The molecule has 2 aliphatic rings. The first-order valence-corrected chi connectivity index (χ1v) is 9.00. The minimum Gasteiger partial charge on any atom is -0.339 e. The molecule has 1 aromatic heterocycles. The van der Waals surface area contributed by atoms with Gasteiger partial charge in [0.2, 0.25) is 5.91 Å². The van der Waals surface area contributed by atoms with Gasteiger partial charge in [0.1, 0.15) is 5.54 Å². The highest BCUT2D eigenvalue weighted by molar-refractivity contribution is 6.31. The molecular formula is C19H17ClN4O3. The van der Waals surface area contributed by atoms with Crippen molar-refractivity contribution in [3.8, 4) is 0 Å². The molecule has 138 valence electrons. The van der Waals surface area contributed by atoms with Gasteiger partial charge in [0, 0.05) is 29.6 Å². The van der Waals surface area contributed by atoms with Gasteiger partial charge in [-0.25, -0.2) is 9.78 Å². The van der Waals surface area contributed by atoms with E-state index in [0.29, 0.717) is 36.6 Å². The molecule has 1 spiro atoms. The van der Waals surface area contributed by atoms with E-state index >= 15 is 0 Å². The zero-order chi connectivity index (χ0) is 19.0. The van der Waals surface area contributed by atoms with E-state index in [2.05, 4.69) is 15.6 Å². The first-order valence-electron chi connectivity index (χ1n) is 8.62. The minimum atomic E-state index is -0.878. The Hall–Kier alpha value is -2.93. The average Bonchev–Trinajstić information content (AvgIpc) is 2.92. The van der Waals surface area contributed by atoms with Crippen molar-refractivity contribution in [3.63, 3.8) is 0 Å². The molecule has 3 heterocycles. The van der Waals surface area contributed by atoms with Crippen LogP contribution in [0.2, 0.25) is 5.02 Å². The van der Waals surface area contributed by atoms with Crippen molar-refractivity contribution >= 4 is 46.4 Å². The SMILES string of the molecule is O=C1NC(=O)C2(CCN(C(=O)/C=C/c3ccc4ccc(Cl)cc4n3)CC2)N1. The molecule has 4 amide bonds. The Kier molecular flexibility index (Phi) is 4.31. The van der Waals surface area contributed by atoms with E-state index in [-0.39, 0.29) is 11.8 Å². The molecule has 0 bridgehead atoms. The zero-order valence-corrected chi connectivity index (χ0v) is 15.1. The van der Waals surface area contributed by atoms with E-state index in [1.807, 2.05) is 18.2 Å². The molecule has 2 N–H and O–H groups in total. The van der Waals surface area contributed by atoms with Gasteiger partial charge in [-0.3, -0.25) is 14.9 Å². The van der Waals surface area contributed by atoms with Gasteiger partial charge in [0.25, 0.3) is 5.91 Å². The maximum atomic E-state index is 12.4. The molecular weight excluding hydrogens is 368 g/mol. The number of rotatable bonds is 2. The fraction of sp³-hybridized carbons (Fsp3) is 0.263. The smallest absolute Gasteiger partial charge is 0.322 e. The van der Waals surface area contributed by atoms with Crippen LogP contribution in [0.3, 0.4) is 0 Å². The monoisotopic (exact) mass is 384 g/mol. The quantitative estimate of drug-likeness (QED) is 0.612. The number of nitrogens with zero attached hydrogens (tertiary/aromatic N) is 2. The van der Waals surface area contributed by atoms with E-state index in [0.717, 1.165) is 10.9 Å². The highest BCUT2D eigenvalue weighted by atomic mass is 35.5. The van der Waals surface area contributed by atoms with E-state index in [9.17, 15) is 14.4 Å². The number of halogens is 1. The predicted octanol–water partition coefficient (Wildman–Crippen LogP) is 2.10. The third-order valence-electron chi connectivity index (χ3n) is 5.02. The number of urea groups is 1. The van der Waals surface area contributed by atoms with Gasteiger partial charge in [0.15, 0.2) is 0 Å². The highest BCUT2D eigenvalue weighted by Crippen LogP contribution is 2.25. The number of benzene rings is 1. The van der Waals surface area contributed by atoms with Crippen LogP contribution in [0, 0.1) is 0 Å². The maximum absolute atomic E-state index is 12.4. The molecule has 0 aliphatic carbocycles. The largest absolute Gasteiger partial charge is 0.339 e. The van der Waals surface area contributed by atoms with Crippen LogP contribution in [0.25, 0.3) is 17.0 Å². The second kappa shape index (κ2) is 6.66. The van der Waals surface area contributed by atoms with Crippen LogP contribution >= 0.6 is 11.6 Å². The lowest BCUT2D eigenvalue weighted by molar-refractivity contribution is -0.132. The van der Waals surface area contributed by atoms with E-state index in [1.165, 1.54) is 6.08 Å². The Morgan fingerprint density at radius 2 is 1.93 bits per heavy atom. The third kappa shape index (κ3) is 3.38. The first-order chi connectivity index (χ1) is 12.9. The summed E-state index contributed by atoms with van der Waals surface area (Å²) in [5.41, 5.74) is 0.547. The number of aromatic nitrogens is 1. The van der Waals surface area contributed by atoms with Crippen molar-refractivity contribution < 1.29 is 14.4 Å². The first kappa shape index (κ1) is 17.5. The van der Waals surface area contributed by atoms with Gasteiger partial charge in [0.05, 0.1) is 11.2 Å². The normalized spacial score (nSPS) is 18.9. The second-order valence-corrected chi connectivity index (χ2v) is 7.16. The summed E-state index contributed by atoms with van der Waals surface area (Å²) in [5, 5.41) is 6.53. The lowest BCUT2D eigenvalue weighted by Crippen LogP contribution is -2.55. The topological polar surface area (TPSA) is 91.4 Å². The Bertz CT molecular complexity index is 980. The van der Waals surface area contributed by atoms with Crippen molar-refractivity contribution in [1.82, 2.24) is 20.5 Å². The number of fused-ring (bicyclic) bond motifs is 1. The minimum absolute atomic E-state index is 0.150. The number of imide groups is 1. The predicted molar refractivity (Wildman–Crippen MR) is 101 cm³/mol. The number of nitrogens with one attached hydrogen (secondary N) is 2. The van der Waals surface area contributed by atoms with Crippen LogP contribution in [-0.2, 0) is 9.59 Å². The summed E-state index contributed by atoms with van der Waals surface area (Å²) in [6.07, 6.45) is 3.94. The number of hydrogen-bond acceptors (Lipinski definition) is 4. The standard InChI is InChI=1S/C19H17ClN4O3/c20-13-3-1-12-2-4-14(21-15(12)11-13)5-6-16(25)24-9-7-19(8-10-24)17(26)22-18(27)23-19/h1-6,11H,7-10H2,(H2,22,23,26,27)/b6-5+. The molecule has 2 aromatic rings. The number of likely N-dealkylation sites (tertiary alicyclic amines) is 1. The van der Waals surface area contributed by atoms with Crippen LogP contribution in [0.15, 0.2) is 36.4 Å². The lowest BCUT2D eigenvalue weighted by atomic mass is 9.87. The molecule has 1 aromatic carbocycles. The fourth-order valence-electron chi connectivity index (χ4n) is 3.45. The summed E-state index contributed by atoms with van der Waals surface area (Å²) in [7, 11) is 0. The molecule has 2 fully saturated rings. The lowest BCUT2D eigenvalue weighted by Gasteiger charge is -2.36. The number of piperidine rings is 1. The Morgan fingerprint density at radius 1 is 1.19 bits per heavy atom. The number of amides is 4. The molecule has 0 radical (unpaired) electrons. The van der Waals surface area contributed by atoms with Crippen LogP contribution in [0.1, 0.15) is 18.5 Å². The number of carbonyl (C=O) groups excluding carboxylic acids is 3. The molecule has 7 nitrogen and oxygen atoms in total. The molecule has 8 heteroatoms. The van der Waals surface area contributed by atoms with Crippen LogP contribution in [0.4, 0.5) is 4.79 Å². The van der Waals surface area contributed by atoms with Crippen molar-refractivity contribution in [2.75, 3.05) is 13.1 Å². The molecule has 4 rings (SSSR count). The summed E-state index contributed by atoms with van der Waals surface area (Å²) in [4.78, 5) is 41.9. The van der Waals surface area contributed by atoms with Gasteiger partial charge < -0.3 is 10.2 Å². The van der Waals surface area contributed by atoms with Gasteiger partial charge in [-0.1, -0.05) is 23.7 Å². The average molecular weight is 385 g/mol. The number of pyridine rings is 1. The Morgan fingerprint density at radius 3 is 2.63 bits per heavy atom.